The highest BCUT2D eigenvalue weighted by Gasteiger charge is 2.37. The number of guanidine groups is 1. The fourth-order valence-electron chi connectivity index (χ4n) is 2.54. The van der Waals surface area contributed by atoms with Gasteiger partial charge in [-0.25, -0.2) is 4.99 Å². The molecule has 0 unspecified atom stereocenters. The third kappa shape index (κ3) is 4.95. The number of carboxylic acid groups (broad SMARTS) is 2. The van der Waals surface area contributed by atoms with Crippen LogP contribution in [0.2, 0.25) is 0 Å². The Labute approximate surface area is 151 Å². The lowest BCUT2D eigenvalue weighted by atomic mass is 9.89. The number of nitrogens with two attached hydrogens (primary N) is 2. The zero-order chi connectivity index (χ0) is 19.9. The van der Waals surface area contributed by atoms with E-state index in [1.54, 1.807) is 19.9 Å². The Morgan fingerprint density at radius 2 is 1.73 bits per heavy atom. The topological polar surface area (TPSA) is 174 Å². The monoisotopic (exact) mass is 362 g/mol. The van der Waals surface area contributed by atoms with Gasteiger partial charge in [-0.1, -0.05) is 26.0 Å². The standard InChI is InChI=1S/C17H24N4O5/c1-3-11(4-2)13(22)21-17(14(23)24,15(25)26)9-10-6-5-7-12(8-10)20-16(18)19/h5-8,11H,3-4,9H2,1-2H3,(H,21,22)(H,23,24)(H,25,26)(H4,18,19,20)/p-2. The molecular weight excluding hydrogens is 340 g/mol. The van der Waals surface area contributed by atoms with Gasteiger partial charge in [-0.15, -0.1) is 0 Å². The number of amides is 1. The van der Waals surface area contributed by atoms with E-state index in [-0.39, 0.29) is 11.5 Å². The van der Waals surface area contributed by atoms with Crippen molar-refractivity contribution in [2.45, 2.75) is 38.6 Å². The number of hydrogen-bond acceptors (Lipinski definition) is 6. The molecule has 0 aliphatic heterocycles. The van der Waals surface area contributed by atoms with E-state index in [1.165, 1.54) is 18.2 Å². The molecule has 0 spiro atoms. The summed E-state index contributed by atoms with van der Waals surface area (Å²) in [6.45, 7) is 3.48. The summed E-state index contributed by atoms with van der Waals surface area (Å²) in [4.78, 5) is 39.4. The van der Waals surface area contributed by atoms with E-state index in [9.17, 15) is 24.6 Å². The summed E-state index contributed by atoms with van der Waals surface area (Å²) in [5.74, 6) is -5.37. The van der Waals surface area contributed by atoms with Gasteiger partial charge in [-0.3, -0.25) is 4.79 Å². The van der Waals surface area contributed by atoms with Gasteiger partial charge in [0, 0.05) is 12.3 Å². The van der Waals surface area contributed by atoms with E-state index in [0.717, 1.165) is 0 Å². The lowest BCUT2D eigenvalue weighted by Gasteiger charge is -2.37. The second kappa shape index (κ2) is 8.84. The number of carbonyl (C=O) groups excluding carboxylic acids is 3. The minimum Gasteiger partial charge on any atom is -0.547 e. The van der Waals surface area contributed by atoms with Crippen LogP contribution in [0.4, 0.5) is 5.69 Å². The highest BCUT2D eigenvalue weighted by atomic mass is 16.4. The molecule has 0 atom stereocenters. The molecule has 1 rings (SSSR count). The first kappa shape index (κ1) is 20.9. The zero-order valence-corrected chi connectivity index (χ0v) is 14.7. The normalized spacial score (nSPS) is 11.0. The predicted octanol–water partition coefficient (Wildman–Crippen LogP) is -2.07. The van der Waals surface area contributed by atoms with Gasteiger partial charge < -0.3 is 36.6 Å². The lowest BCUT2D eigenvalue weighted by Crippen LogP contribution is -2.70. The Morgan fingerprint density at radius 3 is 2.19 bits per heavy atom. The molecule has 9 nitrogen and oxygen atoms in total. The van der Waals surface area contributed by atoms with Crippen LogP contribution in [0.3, 0.4) is 0 Å². The molecule has 9 heteroatoms. The summed E-state index contributed by atoms with van der Waals surface area (Å²) in [7, 11) is 0. The van der Waals surface area contributed by atoms with Crippen molar-refractivity contribution in [3.05, 3.63) is 29.8 Å². The van der Waals surface area contributed by atoms with Crippen molar-refractivity contribution in [3.63, 3.8) is 0 Å². The van der Waals surface area contributed by atoms with E-state index in [4.69, 9.17) is 11.5 Å². The molecule has 0 aromatic heterocycles. The summed E-state index contributed by atoms with van der Waals surface area (Å²) in [5, 5.41) is 25.4. The van der Waals surface area contributed by atoms with E-state index in [1.807, 2.05) is 0 Å². The molecule has 1 aromatic rings. The number of aliphatic carboxylic acids is 2. The Kier molecular flexibility index (Phi) is 7.12. The van der Waals surface area contributed by atoms with Gasteiger partial charge in [0.05, 0.1) is 17.6 Å². The molecule has 0 saturated carbocycles. The largest absolute Gasteiger partial charge is 0.547 e. The summed E-state index contributed by atoms with van der Waals surface area (Å²) in [6.07, 6.45) is 0.272. The van der Waals surface area contributed by atoms with Crippen LogP contribution < -0.4 is 27.0 Å². The van der Waals surface area contributed by atoms with Crippen molar-refractivity contribution in [3.8, 4) is 0 Å². The fraction of sp³-hybridized carbons (Fsp3) is 0.412. The van der Waals surface area contributed by atoms with E-state index < -0.39 is 35.7 Å². The fourth-order valence-corrected chi connectivity index (χ4v) is 2.54. The Hall–Kier alpha value is -3.10. The molecule has 0 radical (unpaired) electrons. The van der Waals surface area contributed by atoms with Crippen LogP contribution in [-0.4, -0.2) is 29.3 Å². The average molecular weight is 362 g/mol. The first-order valence-electron chi connectivity index (χ1n) is 8.09. The molecule has 0 aliphatic rings. The van der Waals surface area contributed by atoms with Gasteiger partial charge in [0.25, 0.3) is 0 Å². The maximum Gasteiger partial charge on any atom is 0.224 e. The highest BCUT2D eigenvalue weighted by Crippen LogP contribution is 2.20. The summed E-state index contributed by atoms with van der Waals surface area (Å²) < 4.78 is 0. The number of nitrogens with one attached hydrogen (secondary N) is 1. The second-order valence-corrected chi connectivity index (χ2v) is 5.87. The molecule has 0 bridgehead atoms. The zero-order valence-electron chi connectivity index (χ0n) is 14.7. The molecule has 0 saturated heterocycles. The SMILES string of the molecule is CCC(CC)C(=O)NC(Cc1cccc(N=C(N)N)c1)(C(=O)[O-])C(=O)[O-]. The molecule has 5 N–H and O–H groups in total. The first-order chi connectivity index (χ1) is 12.2. The molecule has 142 valence electrons. The third-order valence-corrected chi connectivity index (χ3v) is 4.03. The van der Waals surface area contributed by atoms with Crippen LogP contribution in [0.25, 0.3) is 0 Å². The van der Waals surface area contributed by atoms with E-state index in [0.29, 0.717) is 18.5 Å². The van der Waals surface area contributed by atoms with Gasteiger partial charge in [-0.2, -0.15) is 0 Å². The molecule has 0 heterocycles. The maximum absolute atomic E-state index is 12.3. The maximum atomic E-state index is 12.3. The number of aliphatic imine (C=N–C) groups is 1. The van der Waals surface area contributed by atoms with Crippen molar-refractivity contribution >= 4 is 29.5 Å². The third-order valence-electron chi connectivity index (χ3n) is 4.03. The van der Waals surface area contributed by atoms with Crippen LogP contribution >= 0.6 is 0 Å². The predicted molar refractivity (Wildman–Crippen MR) is 90.6 cm³/mol. The van der Waals surface area contributed by atoms with Gasteiger partial charge in [0.2, 0.25) is 5.91 Å². The van der Waals surface area contributed by atoms with E-state index >= 15 is 0 Å². The highest BCUT2D eigenvalue weighted by molar-refractivity contribution is 6.05. The van der Waals surface area contributed by atoms with Gasteiger partial charge in [-0.05, 0) is 30.5 Å². The minimum atomic E-state index is -2.71. The number of carbonyl (C=O) groups is 3. The van der Waals surface area contributed by atoms with Crippen LogP contribution in [0.5, 0.6) is 0 Å². The Balaban J connectivity index is 3.27. The second-order valence-electron chi connectivity index (χ2n) is 5.87. The smallest absolute Gasteiger partial charge is 0.224 e. The van der Waals surface area contributed by atoms with Crippen molar-refractivity contribution < 1.29 is 24.6 Å². The van der Waals surface area contributed by atoms with Crippen LogP contribution in [0, 0.1) is 5.92 Å². The van der Waals surface area contributed by atoms with Crippen molar-refractivity contribution in [2.75, 3.05) is 0 Å². The quantitative estimate of drug-likeness (QED) is 0.257. The number of rotatable bonds is 9. The van der Waals surface area contributed by atoms with Crippen molar-refractivity contribution in [1.29, 1.82) is 0 Å². The van der Waals surface area contributed by atoms with Crippen molar-refractivity contribution in [2.24, 2.45) is 22.4 Å². The molecule has 0 fully saturated rings. The lowest BCUT2D eigenvalue weighted by molar-refractivity contribution is -0.335. The molecule has 1 amide bonds. The molecular formula is C17H22N4O5-2. The van der Waals surface area contributed by atoms with Crippen molar-refractivity contribution in [1.82, 2.24) is 5.32 Å². The Morgan fingerprint density at radius 1 is 1.15 bits per heavy atom. The van der Waals surface area contributed by atoms with E-state index in [2.05, 4.69) is 10.3 Å². The number of carboxylic acids is 2. The molecule has 0 aliphatic carbocycles. The molecule has 1 aromatic carbocycles. The van der Waals surface area contributed by atoms with Gasteiger partial charge in [0.15, 0.2) is 5.96 Å². The average Bonchev–Trinajstić information content (AvgIpc) is 2.54. The number of hydrogen-bond donors (Lipinski definition) is 3. The summed E-state index contributed by atoms with van der Waals surface area (Å²) in [5.41, 5.74) is 8.44. The molecule has 26 heavy (non-hydrogen) atoms. The van der Waals surface area contributed by atoms with Crippen LogP contribution in [0.15, 0.2) is 29.3 Å². The van der Waals surface area contributed by atoms with Gasteiger partial charge >= 0.3 is 0 Å². The number of nitrogens with zero attached hydrogens (tertiary/aromatic N) is 1. The summed E-state index contributed by atoms with van der Waals surface area (Å²) >= 11 is 0. The summed E-state index contributed by atoms with van der Waals surface area (Å²) in [6, 6.07) is 5.96. The Bertz CT molecular complexity index is 695. The van der Waals surface area contributed by atoms with Crippen LogP contribution in [0.1, 0.15) is 32.3 Å². The minimum absolute atomic E-state index is 0.213. The van der Waals surface area contributed by atoms with Crippen LogP contribution in [-0.2, 0) is 20.8 Å². The number of benzene rings is 1. The van der Waals surface area contributed by atoms with Gasteiger partial charge in [0.1, 0.15) is 5.54 Å². The first-order valence-corrected chi connectivity index (χ1v) is 8.09.